The fourth-order valence-electron chi connectivity index (χ4n) is 3.95. The molecule has 2 aliphatic rings. The number of amides is 1. The van der Waals surface area contributed by atoms with Gasteiger partial charge in [0.15, 0.2) is 9.84 Å². The summed E-state index contributed by atoms with van der Waals surface area (Å²) in [5, 5.41) is 7.52. The van der Waals surface area contributed by atoms with E-state index in [0.29, 0.717) is 18.7 Å². The molecule has 2 atom stereocenters. The highest BCUT2D eigenvalue weighted by Gasteiger charge is 2.37. The Morgan fingerprint density at radius 1 is 1.35 bits per heavy atom. The second-order valence-corrected chi connectivity index (χ2v) is 9.16. The molecule has 0 aliphatic carbocycles. The molecular formula is C18H21N3O4S. The largest absolute Gasteiger partial charge is 0.497 e. The van der Waals surface area contributed by atoms with Crippen molar-refractivity contribution in [2.45, 2.75) is 31.7 Å². The summed E-state index contributed by atoms with van der Waals surface area (Å²) in [7, 11) is -1.43. The second-order valence-electron chi connectivity index (χ2n) is 6.93. The van der Waals surface area contributed by atoms with Crippen LogP contribution in [0, 0.1) is 6.92 Å². The van der Waals surface area contributed by atoms with Crippen LogP contribution in [0.25, 0.3) is 0 Å². The van der Waals surface area contributed by atoms with Crippen molar-refractivity contribution < 1.29 is 17.9 Å². The first-order valence-corrected chi connectivity index (χ1v) is 10.4. The Hall–Kier alpha value is -2.35. The Morgan fingerprint density at radius 2 is 2.15 bits per heavy atom. The van der Waals surface area contributed by atoms with Gasteiger partial charge in [-0.3, -0.25) is 4.79 Å². The fraction of sp³-hybridized carbons (Fsp3) is 0.444. The monoisotopic (exact) mass is 375 g/mol. The highest BCUT2D eigenvalue weighted by atomic mass is 32.2. The number of rotatable bonds is 3. The van der Waals surface area contributed by atoms with Crippen LogP contribution < -0.4 is 10.1 Å². The fourth-order valence-corrected chi connectivity index (χ4v) is 5.64. The molecular weight excluding hydrogens is 354 g/mol. The zero-order valence-corrected chi connectivity index (χ0v) is 15.5. The first-order valence-electron chi connectivity index (χ1n) is 8.61. The predicted octanol–water partition coefficient (Wildman–Crippen LogP) is 2.03. The highest BCUT2D eigenvalue weighted by Crippen LogP contribution is 2.42. The number of benzene rings is 1. The van der Waals surface area contributed by atoms with E-state index in [-0.39, 0.29) is 29.4 Å². The van der Waals surface area contributed by atoms with Crippen LogP contribution in [0.3, 0.4) is 0 Å². The number of hydrogen-bond acceptors (Lipinski definition) is 5. The van der Waals surface area contributed by atoms with Crippen LogP contribution in [-0.2, 0) is 14.6 Å². The van der Waals surface area contributed by atoms with Gasteiger partial charge in [-0.25, -0.2) is 13.1 Å². The SMILES string of the molecule is COc1cccc([C@@H]2CC(=O)Nc3c2c(C)nn3[C@@H]2CCS(=O)(=O)C2)c1. The van der Waals surface area contributed by atoms with E-state index in [1.54, 1.807) is 11.8 Å². The maximum atomic E-state index is 12.4. The van der Waals surface area contributed by atoms with Crippen molar-refractivity contribution in [2.75, 3.05) is 23.9 Å². The van der Waals surface area contributed by atoms with E-state index < -0.39 is 9.84 Å². The average Bonchev–Trinajstić information content (AvgIpc) is 3.13. The number of carbonyl (C=O) groups excluding carboxylic acids is 1. The minimum atomic E-state index is -3.04. The second kappa shape index (κ2) is 6.12. The summed E-state index contributed by atoms with van der Waals surface area (Å²) in [5.41, 5.74) is 2.77. The van der Waals surface area contributed by atoms with Gasteiger partial charge in [-0.1, -0.05) is 12.1 Å². The summed E-state index contributed by atoms with van der Waals surface area (Å²) >= 11 is 0. The minimum absolute atomic E-state index is 0.0697. The molecule has 0 spiro atoms. The summed E-state index contributed by atoms with van der Waals surface area (Å²) in [4.78, 5) is 12.4. The lowest BCUT2D eigenvalue weighted by Crippen LogP contribution is -2.26. The number of methoxy groups -OCH3 is 1. The van der Waals surface area contributed by atoms with Gasteiger partial charge in [-0.2, -0.15) is 5.10 Å². The van der Waals surface area contributed by atoms with Gasteiger partial charge >= 0.3 is 0 Å². The molecule has 1 saturated heterocycles. The van der Waals surface area contributed by atoms with E-state index in [4.69, 9.17) is 4.74 Å². The quantitative estimate of drug-likeness (QED) is 0.886. The number of ether oxygens (including phenoxy) is 1. The topological polar surface area (TPSA) is 90.3 Å². The number of aryl methyl sites for hydroxylation is 1. The van der Waals surface area contributed by atoms with E-state index in [1.807, 2.05) is 31.2 Å². The zero-order valence-electron chi connectivity index (χ0n) is 14.7. The number of carbonyl (C=O) groups is 1. The molecule has 1 N–H and O–H groups in total. The van der Waals surface area contributed by atoms with Crippen LogP contribution in [0.5, 0.6) is 5.75 Å². The number of sulfone groups is 1. The van der Waals surface area contributed by atoms with Crippen molar-refractivity contribution in [1.82, 2.24) is 9.78 Å². The lowest BCUT2D eigenvalue weighted by atomic mass is 9.85. The molecule has 0 bridgehead atoms. The number of fused-ring (bicyclic) bond motifs is 1. The Balaban J connectivity index is 1.80. The van der Waals surface area contributed by atoms with E-state index >= 15 is 0 Å². The molecule has 0 unspecified atom stereocenters. The van der Waals surface area contributed by atoms with Crippen LogP contribution >= 0.6 is 0 Å². The first kappa shape index (κ1) is 17.1. The van der Waals surface area contributed by atoms with Gasteiger partial charge < -0.3 is 10.1 Å². The van der Waals surface area contributed by atoms with Crippen LogP contribution in [0.15, 0.2) is 24.3 Å². The predicted molar refractivity (Wildman–Crippen MR) is 97.4 cm³/mol. The summed E-state index contributed by atoms with van der Waals surface area (Å²) in [6.07, 6.45) is 0.852. The minimum Gasteiger partial charge on any atom is -0.497 e. The Bertz CT molecular complexity index is 980. The molecule has 3 heterocycles. The molecule has 1 fully saturated rings. The summed E-state index contributed by atoms with van der Waals surface area (Å²) < 4.78 is 30.8. The molecule has 0 radical (unpaired) electrons. The van der Waals surface area contributed by atoms with Gasteiger partial charge in [0.25, 0.3) is 0 Å². The molecule has 2 aromatic rings. The lowest BCUT2D eigenvalue weighted by Gasteiger charge is -2.25. The number of nitrogens with one attached hydrogen (secondary N) is 1. The summed E-state index contributed by atoms with van der Waals surface area (Å²) in [6.45, 7) is 1.91. The molecule has 1 amide bonds. The number of anilines is 1. The number of nitrogens with zero attached hydrogens (tertiary/aromatic N) is 2. The molecule has 1 aromatic carbocycles. The third-order valence-electron chi connectivity index (χ3n) is 5.18. The van der Waals surface area contributed by atoms with Crippen molar-refractivity contribution in [3.63, 3.8) is 0 Å². The van der Waals surface area contributed by atoms with Gasteiger partial charge in [-0.05, 0) is 31.0 Å². The van der Waals surface area contributed by atoms with E-state index in [1.165, 1.54) is 0 Å². The van der Waals surface area contributed by atoms with Gasteiger partial charge in [0.05, 0.1) is 30.4 Å². The smallest absolute Gasteiger partial charge is 0.226 e. The Morgan fingerprint density at radius 3 is 2.85 bits per heavy atom. The highest BCUT2D eigenvalue weighted by molar-refractivity contribution is 7.91. The Labute approximate surface area is 152 Å². The molecule has 7 nitrogen and oxygen atoms in total. The molecule has 1 aromatic heterocycles. The van der Waals surface area contributed by atoms with Gasteiger partial charge in [0.1, 0.15) is 11.6 Å². The van der Waals surface area contributed by atoms with Crippen molar-refractivity contribution in [3.05, 3.63) is 41.1 Å². The third kappa shape index (κ3) is 2.88. The zero-order chi connectivity index (χ0) is 18.5. The number of aromatic nitrogens is 2. The summed E-state index contributed by atoms with van der Waals surface area (Å²) in [6, 6.07) is 7.46. The van der Waals surface area contributed by atoms with Crippen LogP contribution in [-0.4, -0.2) is 42.7 Å². The lowest BCUT2D eigenvalue weighted by molar-refractivity contribution is -0.116. The molecule has 8 heteroatoms. The maximum Gasteiger partial charge on any atom is 0.226 e. The standard InChI is InChI=1S/C18H21N3O4S/c1-11-17-15(12-4-3-5-14(8-12)25-2)9-16(22)19-18(17)21(20-11)13-6-7-26(23,24)10-13/h3-5,8,13,15H,6-7,9-10H2,1-2H3,(H,19,22)/t13-,15+/m1/s1. The van der Waals surface area contributed by atoms with Crippen LogP contribution in [0.2, 0.25) is 0 Å². The maximum absolute atomic E-state index is 12.4. The van der Waals surface area contributed by atoms with E-state index in [9.17, 15) is 13.2 Å². The molecule has 26 heavy (non-hydrogen) atoms. The summed E-state index contributed by atoms with van der Waals surface area (Å²) in [5.74, 6) is 1.39. The Kier molecular flexibility index (Phi) is 4.02. The molecule has 0 saturated carbocycles. The molecule has 2 aliphatic heterocycles. The van der Waals surface area contributed by atoms with Gasteiger partial charge in [-0.15, -0.1) is 0 Å². The van der Waals surface area contributed by atoms with Crippen molar-refractivity contribution in [1.29, 1.82) is 0 Å². The normalized spacial score (nSPS) is 24.2. The van der Waals surface area contributed by atoms with Crippen molar-refractivity contribution in [3.8, 4) is 5.75 Å². The van der Waals surface area contributed by atoms with Gasteiger partial charge in [0, 0.05) is 17.9 Å². The van der Waals surface area contributed by atoms with Crippen molar-refractivity contribution >= 4 is 21.6 Å². The van der Waals surface area contributed by atoms with Crippen LogP contribution in [0.1, 0.15) is 41.6 Å². The van der Waals surface area contributed by atoms with E-state index in [2.05, 4.69) is 10.4 Å². The van der Waals surface area contributed by atoms with Crippen LogP contribution in [0.4, 0.5) is 5.82 Å². The van der Waals surface area contributed by atoms with Gasteiger partial charge in [0.2, 0.25) is 5.91 Å². The molecule has 138 valence electrons. The van der Waals surface area contributed by atoms with Crippen molar-refractivity contribution in [2.24, 2.45) is 0 Å². The average molecular weight is 375 g/mol. The third-order valence-corrected chi connectivity index (χ3v) is 6.93. The first-order chi connectivity index (χ1) is 12.4. The number of hydrogen-bond donors (Lipinski definition) is 1. The molecule has 4 rings (SSSR count). The van der Waals surface area contributed by atoms with E-state index in [0.717, 1.165) is 22.6 Å².